The summed E-state index contributed by atoms with van der Waals surface area (Å²) in [6.07, 6.45) is 0.922. The number of carboxylic acid groups (broad SMARTS) is 1. The van der Waals surface area contributed by atoms with Crippen molar-refractivity contribution in [3.63, 3.8) is 0 Å². The lowest BCUT2D eigenvalue weighted by Crippen LogP contribution is -2.37. The molecule has 3 aliphatic heterocycles. The van der Waals surface area contributed by atoms with Gasteiger partial charge in [-0.2, -0.15) is 13.2 Å². The van der Waals surface area contributed by atoms with Gasteiger partial charge in [0.2, 0.25) is 12.7 Å². The van der Waals surface area contributed by atoms with Crippen LogP contribution in [0, 0.1) is 0 Å². The van der Waals surface area contributed by atoms with Crippen molar-refractivity contribution in [2.24, 2.45) is 0 Å². The summed E-state index contributed by atoms with van der Waals surface area (Å²) < 4.78 is 42.6. The van der Waals surface area contributed by atoms with Crippen LogP contribution in [0.25, 0.3) is 0 Å². The monoisotopic (exact) mass is 438 g/mol. The van der Waals surface area contributed by atoms with E-state index in [0.29, 0.717) is 18.9 Å². The lowest BCUT2D eigenvalue weighted by Gasteiger charge is -2.25. The van der Waals surface area contributed by atoms with Crippen LogP contribution in [0.15, 0.2) is 36.7 Å². The minimum atomic E-state index is -5.08. The van der Waals surface area contributed by atoms with Crippen LogP contribution in [-0.2, 0) is 11.3 Å². The Morgan fingerprint density at radius 3 is 2.48 bits per heavy atom. The summed E-state index contributed by atoms with van der Waals surface area (Å²) in [5, 5.41) is 7.12. The molecule has 2 atom stereocenters. The second-order valence-corrected chi connectivity index (χ2v) is 7.42. The average molecular weight is 438 g/mol. The van der Waals surface area contributed by atoms with Gasteiger partial charge in [0.15, 0.2) is 11.5 Å². The Balaban J connectivity index is 0.000000289. The molecule has 3 aliphatic rings. The zero-order valence-electron chi connectivity index (χ0n) is 16.5. The second kappa shape index (κ2) is 8.58. The zero-order chi connectivity index (χ0) is 22.0. The van der Waals surface area contributed by atoms with Crippen molar-refractivity contribution >= 4 is 11.9 Å². The Morgan fingerprint density at radius 2 is 1.77 bits per heavy atom. The molecule has 11 heteroatoms. The molecule has 31 heavy (non-hydrogen) atoms. The molecule has 0 saturated carbocycles. The van der Waals surface area contributed by atoms with Gasteiger partial charge in [0.1, 0.15) is 0 Å². The van der Waals surface area contributed by atoms with E-state index in [0.717, 1.165) is 37.1 Å². The number of benzene rings is 1. The minimum absolute atomic E-state index is 0.333. The lowest BCUT2D eigenvalue weighted by molar-refractivity contribution is -0.192. The largest absolute Gasteiger partial charge is 0.490 e. The molecule has 2 aromatic rings. The average Bonchev–Trinajstić information content (AvgIpc) is 3.45. The number of likely N-dealkylation sites (tertiary alicyclic amines) is 1. The van der Waals surface area contributed by atoms with Crippen LogP contribution in [0.4, 0.5) is 19.1 Å². The van der Waals surface area contributed by atoms with E-state index in [2.05, 4.69) is 31.9 Å². The fraction of sp³-hybridized carbons (Fsp3) is 0.450. The standard InChI is InChI=1S/C18H20N4O2.C2HF3O2/c1-6-19-18(20-7-1)22-9-5-14-15(22)4-8-21(14)11-13-2-3-16-17(10-13)24-12-23-16;3-2(4,5)1(6)7/h1-3,6-7,10,14-15H,4-5,8-9,11-12H2;(H,6,7)/t14-,15+;/m1./s1. The molecule has 8 nitrogen and oxygen atoms in total. The number of aliphatic carboxylic acids is 1. The lowest BCUT2D eigenvalue weighted by atomic mass is 10.1. The summed E-state index contributed by atoms with van der Waals surface area (Å²) in [6, 6.07) is 9.26. The summed E-state index contributed by atoms with van der Waals surface area (Å²) in [4.78, 5) is 22.7. The van der Waals surface area contributed by atoms with Gasteiger partial charge in [-0.25, -0.2) is 14.8 Å². The Bertz CT molecular complexity index is 928. The molecule has 0 spiro atoms. The highest BCUT2D eigenvalue weighted by molar-refractivity contribution is 5.73. The molecule has 0 radical (unpaired) electrons. The van der Waals surface area contributed by atoms with E-state index >= 15 is 0 Å². The summed E-state index contributed by atoms with van der Waals surface area (Å²) >= 11 is 0. The number of rotatable bonds is 3. The fourth-order valence-electron chi connectivity index (χ4n) is 4.23. The summed E-state index contributed by atoms with van der Waals surface area (Å²) in [7, 11) is 0. The number of halogens is 3. The van der Waals surface area contributed by atoms with Crippen molar-refractivity contribution in [2.75, 3.05) is 24.8 Å². The van der Waals surface area contributed by atoms with Gasteiger partial charge in [0.25, 0.3) is 0 Å². The van der Waals surface area contributed by atoms with Crippen LogP contribution in [-0.4, -0.2) is 64.1 Å². The Morgan fingerprint density at radius 1 is 1.10 bits per heavy atom. The van der Waals surface area contributed by atoms with Crippen molar-refractivity contribution in [2.45, 2.75) is 37.6 Å². The van der Waals surface area contributed by atoms with Crippen LogP contribution in [0.5, 0.6) is 11.5 Å². The molecule has 0 amide bonds. The Hall–Kier alpha value is -3.08. The number of anilines is 1. The first-order chi connectivity index (χ1) is 14.8. The predicted molar refractivity (Wildman–Crippen MR) is 103 cm³/mol. The van der Waals surface area contributed by atoms with E-state index in [-0.39, 0.29) is 0 Å². The van der Waals surface area contributed by atoms with Gasteiger partial charge in [-0.15, -0.1) is 0 Å². The number of hydrogen-bond donors (Lipinski definition) is 1. The molecular weight excluding hydrogens is 417 g/mol. The second-order valence-electron chi connectivity index (χ2n) is 7.42. The number of hydrogen-bond acceptors (Lipinski definition) is 7. The Kier molecular flexibility index (Phi) is 5.86. The first-order valence-electron chi connectivity index (χ1n) is 9.79. The van der Waals surface area contributed by atoms with Gasteiger partial charge < -0.3 is 19.5 Å². The number of carbonyl (C=O) groups is 1. The van der Waals surface area contributed by atoms with Crippen molar-refractivity contribution in [3.8, 4) is 11.5 Å². The topological polar surface area (TPSA) is 88.0 Å². The molecule has 0 bridgehead atoms. The molecule has 4 heterocycles. The maximum Gasteiger partial charge on any atom is 0.490 e. The predicted octanol–water partition coefficient (Wildman–Crippen LogP) is 2.69. The summed E-state index contributed by atoms with van der Waals surface area (Å²) in [5.41, 5.74) is 1.29. The van der Waals surface area contributed by atoms with Crippen LogP contribution in [0.2, 0.25) is 0 Å². The zero-order valence-corrected chi connectivity index (χ0v) is 16.5. The SMILES string of the molecule is O=C(O)C(F)(F)F.c1cnc(N2CC[C@@H]3[C@@H]2CCN3Cc2ccc3c(c2)OCO3)nc1. The van der Waals surface area contributed by atoms with Crippen LogP contribution < -0.4 is 14.4 Å². The Labute approximate surface area is 176 Å². The van der Waals surface area contributed by atoms with Crippen LogP contribution in [0.1, 0.15) is 18.4 Å². The molecule has 2 fully saturated rings. The van der Waals surface area contributed by atoms with Crippen molar-refractivity contribution < 1.29 is 32.5 Å². The van der Waals surface area contributed by atoms with E-state index in [1.54, 1.807) is 0 Å². The van der Waals surface area contributed by atoms with Gasteiger partial charge in [0, 0.05) is 44.1 Å². The van der Waals surface area contributed by atoms with Crippen LogP contribution in [0.3, 0.4) is 0 Å². The molecule has 166 valence electrons. The summed E-state index contributed by atoms with van der Waals surface area (Å²) in [5.74, 6) is -0.164. The van der Waals surface area contributed by atoms with Gasteiger partial charge >= 0.3 is 12.1 Å². The highest BCUT2D eigenvalue weighted by atomic mass is 19.4. The van der Waals surface area contributed by atoms with Crippen molar-refractivity contribution in [1.82, 2.24) is 14.9 Å². The summed E-state index contributed by atoms with van der Waals surface area (Å²) in [6.45, 7) is 3.45. The highest BCUT2D eigenvalue weighted by Gasteiger charge is 2.43. The number of ether oxygens (including phenoxy) is 2. The number of alkyl halides is 3. The molecule has 0 unspecified atom stereocenters. The molecule has 0 aliphatic carbocycles. The third-order valence-corrected chi connectivity index (χ3v) is 5.57. The minimum Gasteiger partial charge on any atom is -0.475 e. The van der Waals surface area contributed by atoms with E-state index in [1.165, 1.54) is 18.4 Å². The molecule has 1 N–H and O–H groups in total. The molecule has 5 rings (SSSR count). The quantitative estimate of drug-likeness (QED) is 0.783. The smallest absolute Gasteiger partial charge is 0.475 e. The number of fused-ring (bicyclic) bond motifs is 2. The highest BCUT2D eigenvalue weighted by Crippen LogP contribution is 2.36. The third-order valence-electron chi connectivity index (χ3n) is 5.57. The van der Waals surface area contributed by atoms with E-state index < -0.39 is 12.1 Å². The van der Waals surface area contributed by atoms with E-state index in [9.17, 15) is 13.2 Å². The van der Waals surface area contributed by atoms with Crippen molar-refractivity contribution in [1.29, 1.82) is 0 Å². The van der Waals surface area contributed by atoms with E-state index in [4.69, 9.17) is 19.4 Å². The van der Waals surface area contributed by atoms with Gasteiger partial charge in [-0.3, -0.25) is 4.90 Å². The number of aromatic nitrogens is 2. The third kappa shape index (κ3) is 4.66. The molecule has 1 aromatic carbocycles. The molecule has 1 aromatic heterocycles. The van der Waals surface area contributed by atoms with Gasteiger partial charge in [-0.1, -0.05) is 6.07 Å². The van der Waals surface area contributed by atoms with E-state index in [1.807, 2.05) is 24.5 Å². The fourth-order valence-corrected chi connectivity index (χ4v) is 4.23. The molecule has 2 saturated heterocycles. The normalized spacial score (nSPS) is 22.1. The van der Waals surface area contributed by atoms with Gasteiger partial charge in [0.05, 0.1) is 0 Å². The number of carboxylic acids is 1. The first-order valence-corrected chi connectivity index (χ1v) is 9.79. The maximum absolute atomic E-state index is 10.6. The first kappa shape index (κ1) is 21.2. The van der Waals surface area contributed by atoms with Gasteiger partial charge in [-0.05, 0) is 36.6 Å². The maximum atomic E-state index is 10.6. The molecular formula is C20H21F3N4O4. The van der Waals surface area contributed by atoms with Crippen LogP contribution >= 0.6 is 0 Å². The number of nitrogens with zero attached hydrogens (tertiary/aromatic N) is 4. The van der Waals surface area contributed by atoms with Crippen molar-refractivity contribution in [3.05, 3.63) is 42.2 Å².